The summed E-state index contributed by atoms with van der Waals surface area (Å²) in [5.41, 5.74) is 3.65. The second-order valence-corrected chi connectivity index (χ2v) is 4.17. The molecule has 0 heterocycles. The molecule has 0 aromatic heterocycles. The molecule has 0 atom stereocenters. The molecule has 2 nitrogen and oxygen atoms in total. The van der Waals surface area contributed by atoms with E-state index >= 15 is 0 Å². The van der Waals surface area contributed by atoms with Crippen LogP contribution in [0, 0.1) is 0 Å². The average molecular weight is 216 g/mol. The first-order valence-electron chi connectivity index (χ1n) is 4.68. The summed E-state index contributed by atoms with van der Waals surface area (Å²) in [5, 5.41) is 0. The van der Waals surface area contributed by atoms with Gasteiger partial charge < -0.3 is 5.43 Å². The zero-order valence-corrected chi connectivity index (χ0v) is 9.00. The number of hydrazine groups is 1. The van der Waals surface area contributed by atoms with Gasteiger partial charge in [0, 0.05) is 9.79 Å². The van der Waals surface area contributed by atoms with Crippen LogP contribution >= 0.6 is 11.8 Å². The Morgan fingerprint density at radius 2 is 1.53 bits per heavy atom. The number of hydrogen-bond acceptors (Lipinski definition) is 3. The van der Waals surface area contributed by atoms with Gasteiger partial charge >= 0.3 is 0 Å². The quantitative estimate of drug-likeness (QED) is 0.611. The Hall–Kier alpha value is -1.45. The summed E-state index contributed by atoms with van der Waals surface area (Å²) in [6.07, 6.45) is 0. The lowest BCUT2D eigenvalue weighted by molar-refractivity contribution is 1.28. The van der Waals surface area contributed by atoms with Crippen LogP contribution in [0.1, 0.15) is 0 Å². The van der Waals surface area contributed by atoms with Gasteiger partial charge in [-0.1, -0.05) is 42.1 Å². The van der Waals surface area contributed by atoms with E-state index in [2.05, 4.69) is 17.6 Å². The van der Waals surface area contributed by atoms with Crippen molar-refractivity contribution in [3.8, 4) is 0 Å². The van der Waals surface area contributed by atoms with Crippen LogP contribution in [0.2, 0.25) is 0 Å². The molecule has 2 rings (SSSR count). The standard InChI is InChI=1S/C12H12N2S/c13-14-11-8-4-5-9-12(11)15-10-6-2-1-3-7-10/h1-9,14H,13H2. The van der Waals surface area contributed by atoms with Crippen LogP contribution in [0.4, 0.5) is 5.69 Å². The zero-order valence-electron chi connectivity index (χ0n) is 8.18. The van der Waals surface area contributed by atoms with Crippen molar-refractivity contribution in [3.63, 3.8) is 0 Å². The van der Waals surface area contributed by atoms with E-state index in [1.807, 2.05) is 42.5 Å². The van der Waals surface area contributed by atoms with Gasteiger partial charge in [0.1, 0.15) is 0 Å². The van der Waals surface area contributed by atoms with Gasteiger partial charge in [0.25, 0.3) is 0 Å². The molecule has 0 spiro atoms. The van der Waals surface area contributed by atoms with E-state index in [-0.39, 0.29) is 0 Å². The highest BCUT2D eigenvalue weighted by Gasteiger charge is 2.01. The molecule has 3 N–H and O–H groups in total. The van der Waals surface area contributed by atoms with Gasteiger partial charge in [0.2, 0.25) is 0 Å². The third-order valence-electron chi connectivity index (χ3n) is 2.01. The van der Waals surface area contributed by atoms with E-state index in [4.69, 9.17) is 5.84 Å². The van der Waals surface area contributed by atoms with Crippen molar-refractivity contribution in [1.29, 1.82) is 0 Å². The Balaban J connectivity index is 2.24. The summed E-state index contributed by atoms with van der Waals surface area (Å²) in [4.78, 5) is 2.34. The number of anilines is 1. The monoisotopic (exact) mass is 216 g/mol. The number of nitrogens with one attached hydrogen (secondary N) is 1. The molecule has 3 heteroatoms. The molecule has 0 saturated carbocycles. The molecule has 15 heavy (non-hydrogen) atoms. The van der Waals surface area contributed by atoms with Crippen molar-refractivity contribution in [2.24, 2.45) is 5.84 Å². The van der Waals surface area contributed by atoms with Crippen molar-refractivity contribution in [2.75, 3.05) is 5.43 Å². The van der Waals surface area contributed by atoms with Crippen LogP contribution in [-0.4, -0.2) is 0 Å². The van der Waals surface area contributed by atoms with Gasteiger partial charge in [-0.3, -0.25) is 5.84 Å². The maximum atomic E-state index is 5.44. The SMILES string of the molecule is NNc1ccccc1Sc1ccccc1. The van der Waals surface area contributed by atoms with Crippen LogP contribution in [0.5, 0.6) is 0 Å². The lowest BCUT2D eigenvalue weighted by Gasteiger charge is -2.07. The Labute approximate surface area is 93.5 Å². The summed E-state index contributed by atoms with van der Waals surface area (Å²) >= 11 is 1.70. The zero-order chi connectivity index (χ0) is 10.5. The third kappa shape index (κ3) is 2.52. The highest BCUT2D eigenvalue weighted by molar-refractivity contribution is 7.99. The summed E-state index contributed by atoms with van der Waals surface area (Å²) in [5.74, 6) is 5.44. The number of nitrogen functional groups attached to an aromatic ring is 1. The second-order valence-electron chi connectivity index (χ2n) is 3.06. The molecule has 0 bridgehead atoms. The average Bonchev–Trinajstić information content (AvgIpc) is 2.31. The van der Waals surface area contributed by atoms with Crippen molar-refractivity contribution in [2.45, 2.75) is 9.79 Å². The summed E-state index contributed by atoms with van der Waals surface area (Å²) in [7, 11) is 0. The molecule has 2 aromatic carbocycles. The number of rotatable bonds is 3. The van der Waals surface area contributed by atoms with Gasteiger partial charge in [0.05, 0.1) is 5.69 Å². The van der Waals surface area contributed by atoms with Crippen LogP contribution < -0.4 is 11.3 Å². The number of nitrogens with two attached hydrogens (primary N) is 1. The Morgan fingerprint density at radius 1 is 0.867 bits per heavy atom. The van der Waals surface area contributed by atoms with Crippen LogP contribution in [0.3, 0.4) is 0 Å². The van der Waals surface area contributed by atoms with Crippen LogP contribution in [-0.2, 0) is 0 Å². The molecule has 0 fully saturated rings. The minimum absolute atomic E-state index is 0.950. The summed E-state index contributed by atoms with van der Waals surface area (Å²) in [6, 6.07) is 18.2. The smallest absolute Gasteiger partial charge is 0.0624 e. The van der Waals surface area contributed by atoms with Gasteiger partial charge in [-0.25, -0.2) is 0 Å². The molecule has 2 aromatic rings. The molecule has 0 saturated heterocycles. The third-order valence-corrected chi connectivity index (χ3v) is 3.10. The predicted octanol–water partition coefficient (Wildman–Crippen LogP) is 3.12. The molecular weight excluding hydrogens is 204 g/mol. The Morgan fingerprint density at radius 3 is 2.27 bits per heavy atom. The van der Waals surface area contributed by atoms with Gasteiger partial charge in [-0.15, -0.1) is 0 Å². The fourth-order valence-corrected chi connectivity index (χ4v) is 2.22. The highest BCUT2D eigenvalue weighted by atomic mass is 32.2. The number of benzene rings is 2. The first-order valence-corrected chi connectivity index (χ1v) is 5.50. The summed E-state index contributed by atoms with van der Waals surface area (Å²) < 4.78 is 0. The van der Waals surface area contributed by atoms with Gasteiger partial charge in [0.15, 0.2) is 0 Å². The number of para-hydroxylation sites is 1. The molecule has 0 amide bonds. The largest absolute Gasteiger partial charge is 0.323 e. The molecule has 0 aliphatic heterocycles. The van der Waals surface area contributed by atoms with E-state index in [0.717, 1.165) is 10.6 Å². The van der Waals surface area contributed by atoms with E-state index in [1.54, 1.807) is 11.8 Å². The van der Waals surface area contributed by atoms with E-state index in [9.17, 15) is 0 Å². The molecule has 0 aliphatic rings. The molecule has 0 radical (unpaired) electrons. The molecular formula is C12H12N2S. The Kier molecular flexibility index (Phi) is 3.27. The lowest BCUT2D eigenvalue weighted by Crippen LogP contribution is -2.07. The topological polar surface area (TPSA) is 38.0 Å². The summed E-state index contributed by atoms with van der Waals surface area (Å²) in [6.45, 7) is 0. The fourth-order valence-electron chi connectivity index (χ4n) is 1.29. The minimum Gasteiger partial charge on any atom is -0.323 e. The maximum Gasteiger partial charge on any atom is 0.0624 e. The van der Waals surface area contributed by atoms with Gasteiger partial charge in [-0.05, 0) is 24.3 Å². The molecule has 76 valence electrons. The Bertz CT molecular complexity index is 429. The van der Waals surface area contributed by atoms with Gasteiger partial charge in [-0.2, -0.15) is 0 Å². The van der Waals surface area contributed by atoms with Crippen molar-refractivity contribution >= 4 is 17.4 Å². The second kappa shape index (κ2) is 4.87. The van der Waals surface area contributed by atoms with Crippen LogP contribution in [0.25, 0.3) is 0 Å². The fraction of sp³-hybridized carbons (Fsp3) is 0. The highest BCUT2D eigenvalue weighted by Crippen LogP contribution is 2.32. The maximum absolute atomic E-state index is 5.44. The van der Waals surface area contributed by atoms with E-state index in [1.165, 1.54) is 4.90 Å². The van der Waals surface area contributed by atoms with Crippen molar-refractivity contribution < 1.29 is 0 Å². The lowest BCUT2D eigenvalue weighted by atomic mass is 10.3. The normalized spacial score (nSPS) is 9.93. The predicted molar refractivity (Wildman–Crippen MR) is 64.8 cm³/mol. The molecule has 0 aliphatic carbocycles. The van der Waals surface area contributed by atoms with Crippen molar-refractivity contribution in [1.82, 2.24) is 0 Å². The van der Waals surface area contributed by atoms with E-state index in [0.29, 0.717) is 0 Å². The van der Waals surface area contributed by atoms with Crippen molar-refractivity contribution in [3.05, 3.63) is 54.6 Å². The first kappa shape index (κ1) is 10.1. The molecule has 0 unspecified atom stereocenters. The number of hydrogen-bond donors (Lipinski definition) is 2. The first-order chi connectivity index (χ1) is 7.40. The van der Waals surface area contributed by atoms with E-state index < -0.39 is 0 Å². The van der Waals surface area contributed by atoms with Crippen LogP contribution in [0.15, 0.2) is 64.4 Å². The minimum atomic E-state index is 0.950.